The fraction of sp³-hybridized carbons (Fsp3) is 0.500. The van der Waals surface area contributed by atoms with Crippen molar-refractivity contribution >= 4 is 50.7 Å². The number of hydrogen-bond donors (Lipinski definition) is 2. The molecule has 45 heavy (non-hydrogen) atoms. The maximum atomic E-state index is 12.9. The maximum Gasteiger partial charge on any atom is 0.410 e. The first-order valence-electron chi connectivity index (χ1n) is 15.1. The Kier molecular flexibility index (Phi) is 10.5. The molecule has 1 aromatic carbocycles. The number of pyridine rings is 1. The Morgan fingerprint density at radius 2 is 1.76 bits per heavy atom. The SMILES string of the molecule is Cc1cc(Nc2ncc(Cl)c(Nc3cccnc3S(=O)(=O)C(C)C)n2)c(OC(C)C)cc1C1CCN(C(=O)OC(C)(C)C)CC1. The van der Waals surface area contributed by atoms with Crippen LogP contribution in [0.5, 0.6) is 5.75 Å². The number of likely N-dealkylation sites (tertiary alicyclic amines) is 1. The topological polar surface area (TPSA) is 136 Å². The molecule has 0 bridgehead atoms. The van der Waals surface area contributed by atoms with Gasteiger partial charge in [0.25, 0.3) is 0 Å². The predicted molar refractivity (Wildman–Crippen MR) is 177 cm³/mol. The molecule has 1 fully saturated rings. The van der Waals surface area contributed by atoms with E-state index < -0.39 is 20.7 Å². The van der Waals surface area contributed by atoms with E-state index in [1.54, 1.807) is 30.9 Å². The van der Waals surface area contributed by atoms with Crippen molar-refractivity contribution in [1.29, 1.82) is 0 Å². The zero-order valence-electron chi connectivity index (χ0n) is 27.1. The number of sulfone groups is 1. The van der Waals surface area contributed by atoms with Gasteiger partial charge in [0.1, 0.15) is 16.4 Å². The smallest absolute Gasteiger partial charge is 0.410 e. The molecule has 0 spiro atoms. The third-order valence-electron chi connectivity index (χ3n) is 7.22. The summed E-state index contributed by atoms with van der Waals surface area (Å²) in [6, 6.07) is 7.31. The van der Waals surface area contributed by atoms with Crippen LogP contribution >= 0.6 is 11.6 Å². The lowest BCUT2D eigenvalue weighted by Gasteiger charge is -2.34. The number of ether oxygens (including phenoxy) is 2. The summed E-state index contributed by atoms with van der Waals surface area (Å²) >= 11 is 6.43. The molecule has 4 rings (SSSR count). The van der Waals surface area contributed by atoms with E-state index in [1.165, 1.54) is 12.4 Å². The quantitative estimate of drug-likeness (QED) is 0.239. The number of nitrogens with one attached hydrogen (secondary N) is 2. The van der Waals surface area contributed by atoms with E-state index in [0.29, 0.717) is 24.5 Å². The van der Waals surface area contributed by atoms with E-state index >= 15 is 0 Å². The van der Waals surface area contributed by atoms with Crippen LogP contribution < -0.4 is 15.4 Å². The molecule has 0 saturated carbocycles. The fourth-order valence-corrected chi connectivity index (χ4v) is 6.21. The Morgan fingerprint density at radius 1 is 1.07 bits per heavy atom. The number of carbonyl (C=O) groups excluding carboxylic acids is 1. The molecular formula is C32H43ClN6O5S. The number of nitrogens with zero attached hydrogens (tertiary/aromatic N) is 4. The second-order valence-electron chi connectivity index (χ2n) is 12.7. The van der Waals surface area contributed by atoms with E-state index in [2.05, 4.69) is 38.6 Å². The largest absolute Gasteiger partial charge is 0.489 e. The summed E-state index contributed by atoms with van der Waals surface area (Å²) in [4.78, 5) is 27.4. The predicted octanol–water partition coefficient (Wildman–Crippen LogP) is 7.40. The third-order valence-corrected chi connectivity index (χ3v) is 9.60. The molecule has 2 aromatic heterocycles. The van der Waals surface area contributed by atoms with Gasteiger partial charge in [-0.15, -0.1) is 0 Å². The lowest BCUT2D eigenvalue weighted by Crippen LogP contribution is -2.41. The molecule has 1 aliphatic heterocycles. The Labute approximate surface area is 271 Å². The average molecular weight is 659 g/mol. The van der Waals surface area contributed by atoms with Crippen molar-refractivity contribution in [2.45, 2.75) is 96.1 Å². The first kappa shape index (κ1) is 34.2. The molecule has 1 aliphatic rings. The first-order chi connectivity index (χ1) is 21.0. The van der Waals surface area contributed by atoms with Crippen LogP contribution in [-0.4, -0.2) is 64.4 Å². The van der Waals surface area contributed by atoms with Gasteiger partial charge in [-0.05, 0) is 110 Å². The first-order valence-corrected chi connectivity index (χ1v) is 17.0. The maximum absolute atomic E-state index is 12.9. The Morgan fingerprint density at radius 3 is 2.38 bits per heavy atom. The van der Waals surface area contributed by atoms with Gasteiger partial charge in [0.05, 0.1) is 28.9 Å². The van der Waals surface area contributed by atoms with Gasteiger partial charge in [0.2, 0.25) is 5.95 Å². The van der Waals surface area contributed by atoms with Crippen molar-refractivity contribution in [2.75, 3.05) is 23.7 Å². The molecule has 0 atom stereocenters. The lowest BCUT2D eigenvalue weighted by molar-refractivity contribution is 0.0204. The minimum Gasteiger partial charge on any atom is -0.489 e. The second kappa shape index (κ2) is 13.8. The monoisotopic (exact) mass is 658 g/mol. The van der Waals surface area contributed by atoms with Gasteiger partial charge in [-0.1, -0.05) is 11.6 Å². The van der Waals surface area contributed by atoms with E-state index in [9.17, 15) is 13.2 Å². The van der Waals surface area contributed by atoms with Crippen molar-refractivity contribution in [3.05, 3.63) is 52.8 Å². The molecule has 244 valence electrons. The van der Waals surface area contributed by atoms with Gasteiger partial charge in [-0.2, -0.15) is 4.98 Å². The van der Waals surface area contributed by atoms with E-state index in [1.807, 2.05) is 40.7 Å². The summed E-state index contributed by atoms with van der Waals surface area (Å²) in [7, 11) is -3.67. The van der Waals surface area contributed by atoms with Crippen LogP contribution in [0.15, 0.2) is 41.7 Å². The molecular weight excluding hydrogens is 616 g/mol. The summed E-state index contributed by atoms with van der Waals surface area (Å²) in [5, 5.41) is 5.76. The highest BCUT2D eigenvalue weighted by molar-refractivity contribution is 7.92. The van der Waals surface area contributed by atoms with Crippen LogP contribution in [0.3, 0.4) is 0 Å². The molecule has 3 aromatic rings. The Balaban J connectivity index is 1.58. The average Bonchev–Trinajstić information content (AvgIpc) is 2.95. The molecule has 0 aliphatic carbocycles. The number of amides is 1. The van der Waals surface area contributed by atoms with Gasteiger partial charge < -0.3 is 25.0 Å². The number of piperidine rings is 1. The van der Waals surface area contributed by atoms with Crippen LogP contribution in [-0.2, 0) is 14.6 Å². The molecule has 3 heterocycles. The van der Waals surface area contributed by atoms with Crippen molar-refractivity contribution in [3.8, 4) is 5.75 Å². The van der Waals surface area contributed by atoms with Gasteiger partial charge >= 0.3 is 6.09 Å². The second-order valence-corrected chi connectivity index (χ2v) is 15.5. The Bertz CT molecular complexity index is 1630. The minimum atomic E-state index is -3.67. The number of aromatic nitrogens is 3. The number of hydrogen-bond acceptors (Lipinski definition) is 10. The standard InChI is InChI=1S/C32H43ClN6O5S/c1-19(2)43-27-17-23(22-11-14-39(15-12-22)31(40)44-32(6,7)8)21(5)16-26(27)37-30-35-18-24(33)28(38-30)36-25-10-9-13-34-29(25)45(41,42)20(3)4/h9-10,13,16-20,22H,11-12,14-15H2,1-8H3,(H2,35,36,37,38). The summed E-state index contributed by atoms with van der Waals surface area (Å²) in [5.74, 6) is 1.36. The molecule has 13 heteroatoms. The Hall–Kier alpha value is -3.64. The molecule has 1 saturated heterocycles. The molecule has 2 N–H and O–H groups in total. The minimum absolute atomic E-state index is 0.0834. The number of anilines is 4. The van der Waals surface area contributed by atoms with Gasteiger partial charge in [0, 0.05) is 19.3 Å². The number of rotatable bonds is 9. The summed E-state index contributed by atoms with van der Waals surface area (Å²) in [5.41, 5.74) is 2.63. The van der Waals surface area contributed by atoms with Crippen LogP contribution in [0.2, 0.25) is 5.02 Å². The highest BCUT2D eigenvalue weighted by Crippen LogP contribution is 2.38. The zero-order valence-corrected chi connectivity index (χ0v) is 28.7. The van der Waals surface area contributed by atoms with E-state index in [-0.39, 0.29) is 45.6 Å². The van der Waals surface area contributed by atoms with Crippen LogP contribution in [0, 0.1) is 6.92 Å². The van der Waals surface area contributed by atoms with Crippen molar-refractivity contribution < 1.29 is 22.7 Å². The van der Waals surface area contributed by atoms with Gasteiger partial charge in [0.15, 0.2) is 20.7 Å². The molecule has 1 amide bonds. The lowest BCUT2D eigenvalue weighted by atomic mass is 9.86. The van der Waals surface area contributed by atoms with Crippen LogP contribution in [0.1, 0.15) is 78.4 Å². The van der Waals surface area contributed by atoms with E-state index in [4.69, 9.17) is 21.1 Å². The number of carbonyl (C=O) groups is 1. The number of benzene rings is 1. The van der Waals surface area contributed by atoms with E-state index in [0.717, 1.165) is 24.0 Å². The molecule has 0 unspecified atom stereocenters. The van der Waals surface area contributed by atoms with Gasteiger partial charge in [-0.25, -0.2) is 23.2 Å². The fourth-order valence-electron chi connectivity index (χ4n) is 4.99. The number of halogens is 1. The highest BCUT2D eigenvalue weighted by Gasteiger charge is 2.29. The van der Waals surface area contributed by atoms with Crippen LogP contribution in [0.4, 0.5) is 27.9 Å². The van der Waals surface area contributed by atoms with Crippen LogP contribution in [0.25, 0.3) is 0 Å². The third kappa shape index (κ3) is 8.55. The molecule has 11 nitrogen and oxygen atoms in total. The van der Waals surface area contributed by atoms with Crippen molar-refractivity contribution in [1.82, 2.24) is 19.9 Å². The molecule has 0 radical (unpaired) electrons. The summed E-state index contributed by atoms with van der Waals surface area (Å²) in [6.45, 7) is 16.0. The van der Waals surface area contributed by atoms with Crippen molar-refractivity contribution in [2.24, 2.45) is 0 Å². The van der Waals surface area contributed by atoms with Crippen molar-refractivity contribution in [3.63, 3.8) is 0 Å². The van der Waals surface area contributed by atoms with Gasteiger partial charge in [-0.3, -0.25) is 0 Å². The highest BCUT2D eigenvalue weighted by atomic mass is 35.5. The summed E-state index contributed by atoms with van der Waals surface area (Å²) < 4.78 is 37.6. The number of aryl methyl sites for hydroxylation is 1. The normalized spacial score (nSPS) is 14.5. The summed E-state index contributed by atoms with van der Waals surface area (Å²) in [6.07, 6.45) is 4.12. The zero-order chi connectivity index (χ0) is 33.1.